The van der Waals surface area contributed by atoms with Crippen LogP contribution in [0.2, 0.25) is 0 Å². The Morgan fingerprint density at radius 1 is 1.28 bits per heavy atom. The van der Waals surface area contributed by atoms with Gasteiger partial charge in [0.15, 0.2) is 0 Å². The molecule has 1 aromatic carbocycles. The van der Waals surface area contributed by atoms with Gasteiger partial charge in [-0.3, -0.25) is 0 Å². The van der Waals surface area contributed by atoms with Crippen molar-refractivity contribution >= 4 is 0 Å². The molecule has 3 atom stereocenters. The summed E-state index contributed by atoms with van der Waals surface area (Å²) in [4.78, 5) is 0. The lowest BCUT2D eigenvalue weighted by molar-refractivity contribution is -0.0677. The van der Waals surface area contributed by atoms with Crippen LogP contribution in [0.25, 0.3) is 0 Å². The summed E-state index contributed by atoms with van der Waals surface area (Å²) in [6.07, 6.45) is 2.50. The van der Waals surface area contributed by atoms with Crippen molar-refractivity contribution in [2.45, 2.75) is 38.8 Å². The monoisotopic (exact) mass is 249 g/mol. The van der Waals surface area contributed by atoms with Gasteiger partial charge in [0.05, 0.1) is 7.11 Å². The number of hydrogen-bond donors (Lipinski definition) is 1. The third-order valence-electron chi connectivity index (χ3n) is 4.43. The fraction of sp³-hybridized carbons (Fsp3) is 0.600. The molecule has 3 unspecified atom stereocenters. The van der Waals surface area contributed by atoms with Crippen molar-refractivity contribution in [3.05, 3.63) is 24.3 Å². The molecule has 1 N–H and O–H groups in total. The van der Waals surface area contributed by atoms with Gasteiger partial charge in [-0.2, -0.15) is 0 Å². The van der Waals surface area contributed by atoms with Gasteiger partial charge in [-0.25, -0.2) is 0 Å². The highest BCUT2D eigenvalue weighted by Crippen LogP contribution is 2.45. The molecule has 1 aromatic rings. The van der Waals surface area contributed by atoms with E-state index in [2.05, 4.69) is 19.2 Å². The molecule has 100 valence electrons. The Hall–Kier alpha value is -1.22. The van der Waals surface area contributed by atoms with Crippen LogP contribution in [-0.4, -0.2) is 26.3 Å². The quantitative estimate of drug-likeness (QED) is 0.870. The average Bonchev–Trinajstić information content (AvgIpc) is 2.42. The summed E-state index contributed by atoms with van der Waals surface area (Å²) in [6.45, 7) is 4.53. The van der Waals surface area contributed by atoms with E-state index in [0.717, 1.165) is 24.3 Å². The van der Waals surface area contributed by atoms with Gasteiger partial charge in [-0.15, -0.1) is 0 Å². The lowest BCUT2D eigenvalue weighted by Gasteiger charge is -2.53. The van der Waals surface area contributed by atoms with Crippen LogP contribution >= 0.6 is 0 Å². The first-order chi connectivity index (χ1) is 8.63. The number of benzene rings is 1. The van der Waals surface area contributed by atoms with Gasteiger partial charge >= 0.3 is 0 Å². The molecule has 18 heavy (non-hydrogen) atoms. The normalized spacial score (nSPS) is 30.7. The van der Waals surface area contributed by atoms with E-state index < -0.39 is 0 Å². The second-order valence-corrected chi connectivity index (χ2v) is 5.22. The maximum atomic E-state index is 6.09. The SMILES string of the molecule is CCC1(C)C(NC)CC1Oc1ccc(OC)cc1. The largest absolute Gasteiger partial charge is 0.497 e. The standard InChI is InChI=1S/C15H23NO2/c1-5-15(2)13(16-3)10-14(15)18-12-8-6-11(17-4)7-9-12/h6-9,13-14,16H,5,10H2,1-4H3. The van der Waals surface area contributed by atoms with Crippen LogP contribution in [0.5, 0.6) is 11.5 Å². The number of methoxy groups -OCH3 is 1. The van der Waals surface area contributed by atoms with Crippen LogP contribution in [0.4, 0.5) is 0 Å². The number of hydrogen-bond acceptors (Lipinski definition) is 3. The first-order valence-corrected chi connectivity index (χ1v) is 6.62. The van der Waals surface area contributed by atoms with Crippen LogP contribution < -0.4 is 14.8 Å². The third kappa shape index (κ3) is 2.19. The smallest absolute Gasteiger partial charge is 0.120 e. The van der Waals surface area contributed by atoms with Crippen LogP contribution in [0.15, 0.2) is 24.3 Å². The van der Waals surface area contributed by atoms with E-state index in [0.29, 0.717) is 12.1 Å². The number of nitrogens with one attached hydrogen (secondary N) is 1. The highest BCUT2D eigenvalue weighted by molar-refractivity contribution is 5.31. The highest BCUT2D eigenvalue weighted by atomic mass is 16.5. The predicted octanol–water partition coefficient (Wildman–Crippen LogP) is 2.85. The molecule has 1 aliphatic carbocycles. The summed E-state index contributed by atoms with van der Waals surface area (Å²) in [5, 5.41) is 3.38. The summed E-state index contributed by atoms with van der Waals surface area (Å²) >= 11 is 0. The van der Waals surface area contributed by atoms with Gasteiger partial charge < -0.3 is 14.8 Å². The summed E-state index contributed by atoms with van der Waals surface area (Å²) < 4.78 is 11.2. The fourth-order valence-electron chi connectivity index (χ4n) is 2.74. The maximum absolute atomic E-state index is 6.09. The van der Waals surface area contributed by atoms with E-state index in [-0.39, 0.29) is 5.41 Å². The van der Waals surface area contributed by atoms with Gasteiger partial charge in [-0.05, 0) is 37.7 Å². The summed E-state index contributed by atoms with van der Waals surface area (Å²) in [5.41, 5.74) is 0.231. The minimum Gasteiger partial charge on any atom is -0.497 e. The highest BCUT2D eigenvalue weighted by Gasteiger charge is 2.51. The first kappa shape index (κ1) is 13.2. The number of rotatable bonds is 5. The lowest BCUT2D eigenvalue weighted by atomic mass is 9.61. The zero-order valence-electron chi connectivity index (χ0n) is 11.7. The molecule has 3 heteroatoms. The Morgan fingerprint density at radius 2 is 1.89 bits per heavy atom. The van der Waals surface area contributed by atoms with Gasteiger partial charge in [0, 0.05) is 17.9 Å². The van der Waals surface area contributed by atoms with Crippen LogP contribution in [-0.2, 0) is 0 Å². The molecule has 0 radical (unpaired) electrons. The molecule has 1 fully saturated rings. The zero-order chi connectivity index (χ0) is 13.2. The Balaban J connectivity index is 2.01. The molecule has 0 bridgehead atoms. The zero-order valence-corrected chi connectivity index (χ0v) is 11.7. The van der Waals surface area contributed by atoms with Crippen molar-refractivity contribution in [2.24, 2.45) is 5.41 Å². The molecule has 0 amide bonds. The van der Waals surface area contributed by atoms with Crippen molar-refractivity contribution in [3.63, 3.8) is 0 Å². The molecule has 0 spiro atoms. The average molecular weight is 249 g/mol. The first-order valence-electron chi connectivity index (χ1n) is 6.62. The molecule has 0 saturated heterocycles. The van der Waals surface area contributed by atoms with E-state index in [1.54, 1.807) is 7.11 Å². The third-order valence-corrected chi connectivity index (χ3v) is 4.43. The molecule has 0 aliphatic heterocycles. The topological polar surface area (TPSA) is 30.5 Å². The molecule has 2 rings (SSSR count). The van der Waals surface area contributed by atoms with E-state index in [9.17, 15) is 0 Å². The lowest BCUT2D eigenvalue weighted by Crippen LogP contribution is -2.62. The Labute approximate surface area is 109 Å². The van der Waals surface area contributed by atoms with Crippen molar-refractivity contribution in [1.82, 2.24) is 5.32 Å². The van der Waals surface area contributed by atoms with Gasteiger partial charge in [0.1, 0.15) is 17.6 Å². The molecular weight excluding hydrogens is 226 g/mol. The maximum Gasteiger partial charge on any atom is 0.120 e. The summed E-state index contributed by atoms with van der Waals surface area (Å²) in [6, 6.07) is 8.38. The van der Waals surface area contributed by atoms with E-state index in [1.807, 2.05) is 31.3 Å². The van der Waals surface area contributed by atoms with E-state index in [1.165, 1.54) is 0 Å². The molecule has 3 nitrogen and oxygen atoms in total. The van der Waals surface area contributed by atoms with Crippen molar-refractivity contribution < 1.29 is 9.47 Å². The minimum atomic E-state index is 0.231. The van der Waals surface area contributed by atoms with Gasteiger partial charge in [-0.1, -0.05) is 13.8 Å². The van der Waals surface area contributed by atoms with Crippen LogP contribution in [0.1, 0.15) is 26.7 Å². The van der Waals surface area contributed by atoms with Gasteiger partial charge in [0.25, 0.3) is 0 Å². The van der Waals surface area contributed by atoms with Crippen molar-refractivity contribution in [1.29, 1.82) is 0 Å². The predicted molar refractivity (Wildman–Crippen MR) is 73.3 cm³/mol. The molecule has 0 heterocycles. The second-order valence-electron chi connectivity index (χ2n) is 5.22. The van der Waals surface area contributed by atoms with Crippen LogP contribution in [0.3, 0.4) is 0 Å². The van der Waals surface area contributed by atoms with Crippen molar-refractivity contribution in [3.8, 4) is 11.5 Å². The Bertz CT molecular complexity index is 390. The number of ether oxygens (including phenoxy) is 2. The Morgan fingerprint density at radius 3 is 2.39 bits per heavy atom. The minimum absolute atomic E-state index is 0.231. The molecular formula is C15H23NO2. The van der Waals surface area contributed by atoms with E-state index >= 15 is 0 Å². The van der Waals surface area contributed by atoms with Gasteiger partial charge in [0.2, 0.25) is 0 Å². The van der Waals surface area contributed by atoms with Crippen LogP contribution in [0, 0.1) is 5.41 Å². The second kappa shape index (κ2) is 5.19. The molecule has 0 aromatic heterocycles. The summed E-state index contributed by atoms with van der Waals surface area (Å²) in [7, 11) is 3.70. The Kier molecular flexibility index (Phi) is 3.81. The molecule has 1 saturated carbocycles. The molecule has 1 aliphatic rings. The fourth-order valence-corrected chi connectivity index (χ4v) is 2.74. The van der Waals surface area contributed by atoms with Crippen molar-refractivity contribution in [2.75, 3.05) is 14.2 Å². The summed E-state index contributed by atoms with van der Waals surface area (Å²) in [5.74, 6) is 1.79. The van der Waals surface area contributed by atoms with E-state index in [4.69, 9.17) is 9.47 Å².